The van der Waals surface area contributed by atoms with E-state index in [1.54, 1.807) is 50.9 Å². The Morgan fingerprint density at radius 1 is 1.16 bits per heavy atom. The summed E-state index contributed by atoms with van der Waals surface area (Å²) in [5.41, 5.74) is 0.724. The molecule has 1 N–H and O–H groups in total. The molecule has 0 bridgehead atoms. The Morgan fingerprint density at radius 3 is 2.44 bits per heavy atom. The fourth-order valence-corrected chi connectivity index (χ4v) is 5.15. The summed E-state index contributed by atoms with van der Waals surface area (Å²) in [6, 6.07) is 6.23. The predicted octanol–water partition coefficient (Wildman–Crippen LogP) is 2.29. The first-order chi connectivity index (χ1) is 14.9. The second-order valence-corrected chi connectivity index (χ2v) is 10.8. The molecule has 32 heavy (non-hydrogen) atoms. The minimum atomic E-state index is -3.77. The lowest BCUT2D eigenvalue weighted by Crippen LogP contribution is -2.55. The highest BCUT2D eigenvalue weighted by atomic mass is 32.2. The van der Waals surface area contributed by atoms with Crippen LogP contribution in [0.3, 0.4) is 0 Å². The molecule has 3 rings (SSSR count). The van der Waals surface area contributed by atoms with Crippen LogP contribution < -0.4 is 5.32 Å². The first kappa shape index (κ1) is 23.9. The number of fused-ring (bicyclic) bond motifs is 1. The molecule has 10 heteroatoms. The minimum absolute atomic E-state index is 0.162. The zero-order valence-electron chi connectivity index (χ0n) is 19.1. The summed E-state index contributed by atoms with van der Waals surface area (Å²) < 4.78 is 33.1. The molecule has 1 unspecified atom stereocenters. The van der Waals surface area contributed by atoms with Gasteiger partial charge in [-0.1, -0.05) is 12.1 Å². The van der Waals surface area contributed by atoms with Crippen LogP contribution in [0.25, 0.3) is 10.9 Å². The molecule has 9 nitrogen and oxygen atoms in total. The zero-order valence-corrected chi connectivity index (χ0v) is 19.9. The molecule has 0 aliphatic carbocycles. The molecule has 2 aromatic rings. The molecule has 1 aliphatic rings. The van der Waals surface area contributed by atoms with Gasteiger partial charge < -0.3 is 15.0 Å². The van der Waals surface area contributed by atoms with Crippen molar-refractivity contribution in [1.82, 2.24) is 19.5 Å². The number of sulfonamides is 1. The maximum absolute atomic E-state index is 13.3. The molecule has 2 amide bonds. The van der Waals surface area contributed by atoms with Crippen LogP contribution in [0.1, 0.15) is 33.3 Å². The molecule has 2 heterocycles. The van der Waals surface area contributed by atoms with Crippen molar-refractivity contribution in [1.29, 1.82) is 0 Å². The number of pyridine rings is 1. The van der Waals surface area contributed by atoms with E-state index in [1.807, 2.05) is 19.1 Å². The molecule has 1 aromatic carbocycles. The van der Waals surface area contributed by atoms with Gasteiger partial charge in [0.05, 0.1) is 5.52 Å². The van der Waals surface area contributed by atoms with Crippen molar-refractivity contribution in [3.05, 3.63) is 36.0 Å². The van der Waals surface area contributed by atoms with Gasteiger partial charge in [-0.2, -0.15) is 4.31 Å². The van der Waals surface area contributed by atoms with Crippen LogP contribution in [0, 0.1) is 6.92 Å². The average Bonchev–Trinajstić information content (AvgIpc) is 2.71. The third-order valence-electron chi connectivity index (χ3n) is 5.08. The van der Waals surface area contributed by atoms with Crippen molar-refractivity contribution in [3.8, 4) is 0 Å². The predicted molar refractivity (Wildman–Crippen MR) is 121 cm³/mol. The van der Waals surface area contributed by atoms with Gasteiger partial charge in [0, 0.05) is 37.8 Å². The maximum Gasteiger partial charge on any atom is 0.408 e. The van der Waals surface area contributed by atoms with Gasteiger partial charge in [-0.3, -0.25) is 9.78 Å². The lowest BCUT2D eigenvalue weighted by atomic mass is 10.2. The number of carbonyl (C=O) groups is 2. The third-order valence-corrected chi connectivity index (χ3v) is 7.01. The number of piperazine rings is 1. The van der Waals surface area contributed by atoms with Crippen molar-refractivity contribution in [2.24, 2.45) is 0 Å². The minimum Gasteiger partial charge on any atom is -0.444 e. The molecule has 1 atom stereocenters. The number of rotatable bonds is 4. The summed E-state index contributed by atoms with van der Waals surface area (Å²) >= 11 is 0. The summed E-state index contributed by atoms with van der Waals surface area (Å²) in [4.78, 5) is 30.7. The Bertz CT molecular complexity index is 1120. The molecule has 1 fully saturated rings. The highest BCUT2D eigenvalue weighted by molar-refractivity contribution is 7.89. The molecule has 1 aliphatic heterocycles. The monoisotopic (exact) mass is 462 g/mol. The van der Waals surface area contributed by atoms with E-state index in [-0.39, 0.29) is 37.0 Å². The van der Waals surface area contributed by atoms with Gasteiger partial charge in [-0.05, 0) is 52.3 Å². The van der Waals surface area contributed by atoms with Gasteiger partial charge in [0.1, 0.15) is 16.5 Å². The number of carbonyl (C=O) groups excluding carboxylic acids is 2. The second kappa shape index (κ2) is 9.03. The summed E-state index contributed by atoms with van der Waals surface area (Å²) in [5.74, 6) is -0.282. The van der Waals surface area contributed by atoms with E-state index in [2.05, 4.69) is 10.3 Å². The van der Waals surface area contributed by atoms with Crippen LogP contribution in [0.15, 0.2) is 35.4 Å². The smallest absolute Gasteiger partial charge is 0.408 e. The number of aromatic nitrogens is 1. The lowest BCUT2D eigenvalue weighted by Gasteiger charge is -2.35. The number of ether oxygens (including phenoxy) is 1. The van der Waals surface area contributed by atoms with Crippen LogP contribution in [0.4, 0.5) is 4.79 Å². The van der Waals surface area contributed by atoms with Gasteiger partial charge >= 0.3 is 6.09 Å². The number of alkyl carbamates (subject to hydrolysis) is 1. The van der Waals surface area contributed by atoms with Crippen LogP contribution >= 0.6 is 0 Å². The SMILES string of the molecule is Cc1cnc2c(S(=O)(=O)N3CCN(C(=O)C(C)NC(=O)OC(C)(C)C)CC3)cccc2c1. The molecular formula is C22H30N4O5S. The Kier molecular flexibility index (Phi) is 6.75. The van der Waals surface area contributed by atoms with Gasteiger partial charge in [0.25, 0.3) is 0 Å². The van der Waals surface area contributed by atoms with Gasteiger partial charge in [-0.15, -0.1) is 0 Å². The molecule has 1 aromatic heterocycles. The number of amides is 2. The highest BCUT2D eigenvalue weighted by Gasteiger charge is 2.33. The van der Waals surface area contributed by atoms with E-state index in [1.165, 1.54) is 4.31 Å². The number of aryl methyl sites for hydroxylation is 1. The van der Waals surface area contributed by atoms with Gasteiger partial charge in [0.15, 0.2) is 0 Å². The summed E-state index contributed by atoms with van der Waals surface area (Å²) in [5, 5.41) is 3.30. The maximum atomic E-state index is 13.3. The quantitative estimate of drug-likeness (QED) is 0.747. The standard InChI is InChI=1S/C22H30N4O5S/c1-15-13-17-7-6-8-18(19(17)23-14-15)32(29,30)26-11-9-25(10-12-26)20(27)16(2)24-21(28)31-22(3,4)5/h6-8,13-14,16H,9-12H2,1-5H3,(H,24,28). The van der Waals surface area contributed by atoms with E-state index in [0.29, 0.717) is 5.52 Å². The number of para-hydroxylation sites is 1. The lowest BCUT2D eigenvalue weighted by molar-refractivity contribution is -0.134. The van der Waals surface area contributed by atoms with Gasteiger partial charge in [-0.25, -0.2) is 13.2 Å². The zero-order chi connectivity index (χ0) is 23.7. The molecule has 174 valence electrons. The molecule has 0 radical (unpaired) electrons. The number of hydrogen-bond donors (Lipinski definition) is 1. The second-order valence-electron chi connectivity index (χ2n) is 8.94. The Morgan fingerprint density at radius 2 is 1.81 bits per heavy atom. The van der Waals surface area contributed by atoms with Crippen LogP contribution in [-0.4, -0.2) is 72.4 Å². The Balaban J connectivity index is 1.66. The van der Waals surface area contributed by atoms with Crippen molar-refractivity contribution in [2.75, 3.05) is 26.2 Å². The van der Waals surface area contributed by atoms with Crippen molar-refractivity contribution in [3.63, 3.8) is 0 Å². The van der Waals surface area contributed by atoms with Crippen LogP contribution in [-0.2, 0) is 19.6 Å². The van der Waals surface area contributed by atoms with Crippen molar-refractivity contribution in [2.45, 2.75) is 51.2 Å². The first-order valence-electron chi connectivity index (χ1n) is 10.5. The van der Waals surface area contributed by atoms with E-state index in [4.69, 9.17) is 4.74 Å². The molecule has 1 saturated heterocycles. The number of benzene rings is 1. The first-order valence-corrected chi connectivity index (χ1v) is 12.0. The van der Waals surface area contributed by atoms with Crippen LogP contribution in [0.2, 0.25) is 0 Å². The largest absolute Gasteiger partial charge is 0.444 e. The molecule has 0 saturated carbocycles. The molecular weight excluding hydrogens is 432 g/mol. The Hall–Kier alpha value is -2.72. The van der Waals surface area contributed by atoms with E-state index >= 15 is 0 Å². The Labute approximate surface area is 188 Å². The fraction of sp³-hybridized carbons (Fsp3) is 0.500. The van der Waals surface area contributed by atoms with E-state index in [9.17, 15) is 18.0 Å². The van der Waals surface area contributed by atoms with Crippen molar-refractivity contribution >= 4 is 32.9 Å². The van der Waals surface area contributed by atoms with Gasteiger partial charge in [0.2, 0.25) is 15.9 Å². The average molecular weight is 463 g/mol. The van der Waals surface area contributed by atoms with E-state index < -0.39 is 27.8 Å². The van der Waals surface area contributed by atoms with Crippen molar-refractivity contribution < 1.29 is 22.7 Å². The number of hydrogen-bond acceptors (Lipinski definition) is 6. The number of nitrogens with zero attached hydrogens (tertiary/aromatic N) is 3. The summed E-state index contributed by atoms with van der Waals surface area (Å²) in [6.45, 7) is 9.50. The fourth-order valence-electron chi connectivity index (χ4n) is 3.56. The normalized spacial score (nSPS) is 16.6. The topological polar surface area (TPSA) is 109 Å². The van der Waals surface area contributed by atoms with E-state index in [0.717, 1.165) is 10.9 Å². The summed E-state index contributed by atoms with van der Waals surface area (Å²) in [7, 11) is -3.77. The molecule has 0 spiro atoms. The van der Waals surface area contributed by atoms with Crippen LogP contribution in [0.5, 0.6) is 0 Å². The summed E-state index contributed by atoms with van der Waals surface area (Å²) in [6.07, 6.45) is 0.982. The highest BCUT2D eigenvalue weighted by Crippen LogP contribution is 2.25. The number of nitrogens with one attached hydrogen (secondary N) is 1. The third kappa shape index (κ3) is 5.36.